The molecular formula is C21H38. The zero-order valence-corrected chi connectivity index (χ0v) is 15.5. The quantitative estimate of drug-likeness (QED) is 0.466. The summed E-state index contributed by atoms with van der Waals surface area (Å²) >= 11 is 0. The fourth-order valence-electron chi connectivity index (χ4n) is 6.94. The van der Waals surface area contributed by atoms with E-state index in [1.807, 2.05) is 0 Å². The van der Waals surface area contributed by atoms with Gasteiger partial charge in [-0.2, -0.15) is 0 Å². The van der Waals surface area contributed by atoms with Crippen LogP contribution in [0.25, 0.3) is 0 Å². The minimum Gasteiger partial charge on any atom is -0.0622 e. The predicted octanol–water partition coefficient (Wildman–Crippen LogP) is 6.69. The lowest BCUT2D eigenvalue weighted by molar-refractivity contribution is -0.120. The third kappa shape index (κ3) is 2.22. The molecule has 0 heteroatoms. The first-order chi connectivity index (χ1) is 9.71. The Balaban J connectivity index is 1.98. The molecule has 122 valence electrons. The molecule has 0 aliphatic heterocycles. The maximum absolute atomic E-state index is 2.67. The van der Waals surface area contributed by atoms with Crippen LogP contribution in [0.3, 0.4) is 0 Å². The van der Waals surface area contributed by atoms with Gasteiger partial charge >= 0.3 is 0 Å². The molecule has 3 aliphatic rings. The highest BCUT2D eigenvalue weighted by Crippen LogP contribution is 2.65. The molecule has 3 rings (SSSR count). The molecule has 0 nitrogen and oxygen atoms in total. The van der Waals surface area contributed by atoms with E-state index in [-0.39, 0.29) is 0 Å². The Bertz CT molecular complexity index is 395. The molecule has 0 aromatic heterocycles. The van der Waals surface area contributed by atoms with Gasteiger partial charge < -0.3 is 0 Å². The van der Waals surface area contributed by atoms with Crippen molar-refractivity contribution >= 4 is 0 Å². The molecule has 0 radical (unpaired) electrons. The van der Waals surface area contributed by atoms with E-state index in [4.69, 9.17) is 0 Å². The molecule has 0 spiro atoms. The van der Waals surface area contributed by atoms with E-state index in [1.165, 1.54) is 51.4 Å². The molecule has 0 saturated heterocycles. The van der Waals surface area contributed by atoms with Crippen molar-refractivity contribution < 1.29 is 0 Å². The van der Waals surface area contributed by atoms with Crippen LogP contribution in [0.15, 0.2) is 0 Å². The molecule has 6 atom stereocenters. The van der Waals surface area contributed by atoms with E-state index in [2.05, 4.69) is 41.5 Å². The van der Waals surface area contributed by atoms with E-state index < -0.39 is 0 Å². The minimum absolute atomic E-state index is 0.569. The van der Waals surface area contributed by atoms with Gasteiger partial charge in [0.1, 0.15) is 0 Å². The number of fused-ring (bicyclic) bond motifs is 3. The normalized spacial score (nSPS) is 53.4. The highest BCUT2D eigenvalue weighted by molar-refractivity contribution is 5.05. The Kier molecular flexibility index (Phi) is 3.78. The van der Waals surface area contributed by atoms with Gasteiger partial charge in [0.2, 0.25) is 0 Å². The van der Waals surface area contributed by atoms with Gasteiger partial charge in [0.05, 0.1) is 0 Å². The Labute approximate surface area is 133 Å². The smallest absolute Gasteiger partial charge is 0.0243 e. The maximum Gasteiger partial charge on any atom is -0.0243 e. The van der Waals surface area contributed by atoms with E-state index in [1.54, 1.807) is 0 Å². The molecule has 3 fully saturated rings. The van der Waals surface area contributed by atoms with E-state index in [9.17, 15) is 0 Å². The topological polar surface area (TPSA) is 0 Å². The number of rotatable bonds is 0. The zero-order valence-electron chi connectivity index (χ0n) is 15.5. The van der Waals surface area contributed by atoms with Crippen molar-refractivity contribution in [2.75, 3.05) is 0 Å². The largest absolute Gasteiger partial charge is 0.0622 e. The van der Waals surface area contributed by atoms with Gasteiger partial charge in [0.25, 0.3) is 0 Å². The van der Waals surface area contributed by atoms with Gasteiger partial charge in [0.15, 0.2) is 0 Å². The van der Waals surface area contributed by atoms with E-state index in [0.29, 0.717) is 16.2 Å². The van der Waals surface area contributed by atoms with Crippen molar-refractivity contribution in [2.45, 2.75) is 92.9 Å². The van der Waals surface area contributed by atoms with Crippen molar-refractivity contribution in [3.05, 3.63) is 0 Å². The van der Waals surface area contributed by atoms with Crippen LogP contribution >= 0.6 is 0 Å². The molecule has 0 heterocycles. The first-order valence-electron chi connectivity index (χ1n) is 9.71. The second kappa shape index (κ2) is 5.00. The molecule has 2 bridgehead atoms. The van der Waals surface area contributed by atoms with Gasteiger partial charge in [-0.3, -0.25) is 0 Å². The van der Waals surface area contributed by atoms with Crippen molar-refractivity contribution in [1.82, 2.24) is 0 Å². The molecule has 0 aromatic carbocycles. The van der Waals surface area contributed by atoms with Crippen LogP contribution in [-0.2, 0) is 0 Å². The summed E-state index contributed by atoms with van der Waals surface area (Å²) in [7, 11) is 0. The third-order valence-electron chi connectivity index (χ3n) is 9.17. The highest BCUT2D eigenvalue weighted by Gasteiger charge is 2.56. The second-order valence-corrected chi connectivity index (χ2v) is 10.2. The third-order valence-corrected chi connectivity index (χ3v) is 9.17. The van der Waals surface area contributed by atoms with Crippen molar-refractivity contribution in [1.29, 1.82) is 0 Å². The summed E-state index contributed by atoms with van der Waals surface area (Å²) in [6.07, 6.45) is 11.9. The van der Waals surface area contributed by atoms with Crippen LogP contribution in [0, 0.1) is 39.9 Å². The number of hydrogen-bond acceptors (Lipinski definition) is 0. The summed E-state index contributed by atoms with van der Waals surface area (Å²) in [6.45, 7) is 15.6. The molecule has 3 aliphatic carbocycles. The van der Waals surface area contributed by atoms with E-state index in [0.717, 1.165) is 23.7 Å². The molecule has 0 N–H and O–H groups in total. The van der Waals surface area contributed by atoms with Crippen molar-refractivity contribution in [3.63, 3.8) is 0 Å². The SMILES string of the molecule is C[C@@H]1CC[C@H]2CC3(C)[C@H](C)CCC[C@@]3(C)CCC1C2(C)C. The van der Waals surface area contributed by atoms with Crippen molar-refractivity contribution in [3.8, 4) is 0 Å². The fraction of sp³-hybridized carbons (Fsp3) is 1.00. The monoisotopic (exact) mass is 290 g/mol. The minimum atomic E-state index is 0.569. The lowest BCUT2D eigenvalue weighted by Crippen LogP contribution is -2.53. The summed E-state index contributed by atoms with van der Waals surface area (Å²) in [4.78, 5) is 0. The van der Waals surface area contributed by atoms with Crippen LogP contribution in [0.1, 0.15) is 92.9 Å². The lowest BCUT2D eigenvalue weighted by atomic mass is 9.43. The molecule has 0 aromatic rings. The van der Waals surface area contributed by atoms with E-state index >= 15 is 0 Å². The molecule has 21 heavy (non-hydrogen) atoms. The van der Waals surface area contributed by atoms with Gasteiger partial charge in [-0.1, -0.05) is 60.8 Å². The standard InChI is InChI=1S/C21H38/c1-15-9-10-17-14-21(6)16(2)8-7-12-20(21,5)13-11-18(15)19(17,3)4/h15-18H,7-14H2,1-6H3/t15-,16-,17+,18?,20+,21?/m1/s1. The average molecular weight is 291 g/mol. The summed E-state index contributed by atoms with van der Waals surface area (Å²) in [6, 6.07) is 0. The maximum atomic E-state index is 2.67. The Morgan fingerprint density at radius 1 is 0.810 bits per heavy atom. The number of hydrogen-bond donors (Lipinski definition) is 0. The summed E-state index contributed by atoms with van der Waals surface area (Å²) in [5.41, 5.74) is 1.76. The van der Waals surface area contributed by atoms with Gasteiger partial charge in [-0.15, -0.1) is 0 Å². The van der Waals surface area contributed by atoms with Gasteiger partial charge in [-0.05, 0) is 72.0 Å². The molecular weight excluding hydrogens is 252 g/mol. The Morgan fingerprint density at radius 3 is 2.24 bits per heavy atom. The average Bonchev–Trinajstić information content (AvgIpc) is 2.39. The summed E-state index contributed by atoms with van der Waals surface area (Å²) < 4.78 is 0. The van der Waals surface area contributed by atoms with Gasteiger partial charge in [-0.25, -0.2) is 0 Å². The Hall–Kier alpha value is 0. The zero-order chi connectivity index (χ0) is 15.5. The highest BCUT2D eigenvalue weighted by atomic mass is 14.6. The Morgan fingerprint density at radius 2 is 1.52 bits per heavy atom. The molecule has 0 amide bonds. The first-order valence-corrected chi connectivity index (χ1v) is 9.71. The second-order valence-electron chi connectivity index (χ2n) is 10.2. The van der Waals surface area contributed by atoms with Gasteiger partial charge in [0, 0.05) is 0 Å². The van der Waals surface area contributed by atoms with Crippen LogP contribution in [0.2, 0.25) is 0 Å². The van der Waals surface area contributed by atoms with Crippen LogP contribution in [0.5, 0.6) is 0 Å². The summed E-state index contributed by atoms with van der Waals surface area (Å²) in [5.74, 6) is 3.80. The lowest BCUT2D eigenvalue weighted by Gasteiger charge is -2.62. The summed E-state index contributed by atoms with van der Waals surface area (Å²) in [5, 5.41) is 0. The molecule has 3 saturated carbocycles. The predicted molar refractivity (Wildman–Crippen MR) is 92.2 cm³/mol. The fourth-order valence-corrected chi connectivity index (χ4v) is 6.94. The van der Waals surface area contributed by atoms with Crippen LogP contribution < -0.4 is 0 Å². The first kappa shape index (κ1) is 15.9. The van der Waals surface area contributed by atoms with Crippen LogP contribution in [-0.4, -0.2) is 0 Å². The van der Waals surface area contributed by atoms with Crippen LogP contribution in [0.4, 0.5) is 0 Å². The van der Waals surface area contributed by atoms with Crippen molar-refractivity contribution in [2.24, 2.45) is 39.9 Å². The molecule has 2 unspecified atom stereocenters.